The molecule has 0 heterocycles. The minimum atomic E-state index is -1.50. The Morgan fingerprint density at radius 1 is 1.19 bits per heavy atom. The molecule has 0 fully saturated rings. The fourth-order valence-corrected chi connectivity index (χ4v) is 1.53. The largest absolute Gasteiger partial charge is 0.493 e. The zero-order chi connectivity index (χ0) is 16.0. The van der Waals surface area contributed by atoms with Crippen molar-refractivity contribution < 1.29 is 29.3 Å². The molecule has 0 bridgehead atoms. The average molecular weight is 294 g/mol. The van der Waals surface area contributed by atoms with E-state index in [1.54, 1.807) is 18.2 Å². The zero-order valence-electron chi connectivity index (χ0n) is 12.1. The molecule has 1 aromatic carbocycles. The van der Waals surface area contributed by atoms with Gasteiger partial charge >= 0.3 is 11.9 Å². The highest BCUT2D eigenvalue weighted by Gasteiger charge is 2.16. The Kier molecular flexibility index (Phi) is 5.78. The first-order chi connectivity index (χ1) is 9.85. The summed E-state index contributed by atoms with van der Waals surface area (Å²) in [7, 11) is 1.49. The molecule has 0 radical (unpaired) electrons. The number of carboxylic acid groups (broad SMARTS) is 2. The summed E-state index contributed by atoms with van der Waals surface area (Å²) in [4.78, 5) is 21.7. The lowest BCUT2D eigenvalue weighted by molar-refractivity contribution is -0.140. The number of ether oxygens (including phenoxy) is 2. The third-order valence-electron chi connectivity index (χ3n) is 2.53. The van der Waals surface area contributed by atoms with Crippen molar-refractivity contribution in [2.75, 3.05) is 13.7 Å². The van der Waals surface area contributed by atoms with Gasteiger partial charge in [0.05, 0.1) is 13.7 Å². The normalized spacial score (nSPS) is 10.1. The summed E-state index contributed by atoms with van der Waals surface area (Å²) in [6, 6.07) is 4.71. The summed E-state index contributed by atoms with van der Waals surface area (Å²) >= 11 is 0. The molecule has 0 unspecified atom stereocenters. The minimum absolute atomic E-state index is 0.308. The Balaban J connectivity index is 3.14. The number of hydrogen-bond donors (Lipinski definition) is 2. The van der Waals surface area contributed by atoms with Gasteiger partial charge in [0, 0.05) is 0 Å². The summed E-state index contributed by atoms with van der Waals surface area (Å²) < 4.78 is 10.7. The molecule has 0 saturated heterocycles. The third kappa shape index (κ3) is 4.83. The van der Waals surface area contributed by atoms with Gasteiger partial charge in [-0.1, -0.05) is 19.9 Å². The molecule has 2 N–H and O–H groups in total. The van der Waals surface area contributed by atoms with Gasteiger partial charge in [-0.25, -0.2) is 9.59 Å². The van der Waals surface area contributed by atoms with Crippen LogP contribution in [0.4, 0.5) is 0 Å². The molecular weight excluding hydrogens is 276 g/mol. The Labute approximate surface area is 122 Å². The van der Waals surface area contributed by atoms with Crippen LogP contribution in [0.15, 0.2) is 23.8 Å². The van der Waals surface area contributed by atoms with E-state index in [0.717, 1.165) is 6.08 Å². The van der Waals surface area contributed by atoms with Crippen LogP contribution >= 0.6 is 0 Å². The lowest BCUT2D eigenvalue weighted by Gasteiger charge is -2.13. The molecule has 114 valence electrons. The van der Waals surface area contributed by atoms with E-state index in [-0.39, 0.29) is 0 Å². The van der Waals surface area contributed by atoms with E-state index >= 15 is 0 Å². The van der Waals surface area contributed by atoms with Crippen LogP contribution in [0.3, 0.4) is 0 Å². The molecule has 0 spiro atoms. The molecule has 0 aliphatic carbocycles. The number of benzene rings is 1. The molecule has 1 rings (SSSR count). The standard InChI is InChI=1S/C15H18O6/c1-9(2)8-21-13-7-10(4-5-12(13)20-3)6-11(14(16)17)15(18)19/h4-7,9H,8H2,1-3H3,(H,16,17)(H,18,19). The van der Waals surface area contributed by atoms with E-state index in [4.69, 9.17) is 19.7 Å². The molecule has 6 nitrogen and oxygen atoms in total. The number of hydrogen-bond acceptors (Lipinski definition) is 4. The zero-order valence-corrected chi connectivity index (χ0v) is 12.1. The first kappa shape index (κ1) is 16.6. The van der Waals surface area contributed by atoms with Gasteiger partial charge in [-0.15, -0.1) is 0 Å². The van der Waals surface area contributed by atoms with Crippen LogP contribution in [-0.2, 0) is 9.59 Å². The Bertz CT molecular complexity index is 543. The lowest BCUT2D eigenvalue weighted by atomic mass is 10.1. The SMILES string of the molecule is COc1ccc(C=C(C(=O)O)C(=O)O)cc1OCC(C)C. The second kappa shape index (κ2) is 7.33. The van der Waals surface area contributed by atoms with Crippen LogP contribution in [0.25, 0.3) is 6.08 Å². The van der Waals surface area contributed by atoms with Gasteiger partial charge < -0.3 is 19.7 Å². The predicted molar refractivity (Wildman–Crippen MR) is 76.6 cm³/mol. The van der Waals surface area contributed by atoms with E-state index in [0.29, 0.717) is 29.6 Å². The number of carbonyl (C=O) groups is 2. The molecule has 0 amide bonds. The maximum absolute atomic E-state index is 10.9. The van der Waals surface area contributed by atoms with E-state index in [1.807, 2.05) is 13.8 Å². The average Bonchev–Trinajstić information content (AvgIpc) is 2.41. The first-order valence-corrected chi connectivity index (χ1v) is 6.34. The quantitative estimate of drug-likeness (QED) is 0.455. The number of methoxy groups -OCH3 is 1. The van der Waals surface area contributed by atoms with Gasteiger partial charge in [0.1, 0.15) is 5.57 Å². The van der Waals surface area contributed by atoms with Crippen molar-refractivity contribution in [1.82, 2.24) is 0 Å². The Hall–Kier alpha value is -2.50. The topological polar surface area (TPSA) is 93.1 Å². The molecule has 6 heteroatoms. The summed E-state index contributed by atoms with van der Waals surface area (Å²) in [5.74, 6) is -1.75. The lowest BCUT2D eigenvalue weighted by Crippen LogP contribution is -2.11. The van der Waals surface area contributed by atoms with Gasteiger partial charge in [-0.3, -0.25) is 0 Å². The minimum Gasteiger partial charge on any atom is -0.493 e. The van der Waals surface area contributed by atoms with Gasteiger partial charge in [-0.05, 0) is 29.7 Å². The second-order valence-electron chi connectivity index (χ2n) is 4.78. The van der Waals surface area contributed by atoms with E-state index in [9.17, 15) is 9.59 Å². The third-order valence-corrected chi connectivity index (χ3v) is 2.53. The van der Waals surface area contributed by atoms with Gasteiger partial charge in [0.25, 0.3) is 0 Å². The van der Waals surface area contributed by atoms with Crippen molar-refractivity contribution in [3.8, 4) is 11.5 Å². The van der Waals surface area contributed by atoms with Crippen molar-refractivity contribution in [3.05, 3.63) is 29.3 Å². The van der Waals surface area contributed by atoms with Gasteiger partial charge in [0.2, 0.25) is 0 Å². The van der Waals surface area contributed by atoms with E-state index < -0.39 is 17.5 Å². The van der Waals surface area contributed by atoms with Crippen molar-refractivity contribution in [2.24, 2.45) is 5.92 Å². The van der Waals surface area contributed by atoms with E-state index in [1.165, 1.54) is 7.11 Å². The van der Waals surface area contributed by atoms with Crippen LogP contribution in [0.1, 0.15) is 19.4 Å². The first-order valence-electron chi connectivity index (χ1n) is 6.34. The fraction of sp³-hybridized carbons (Fsp3) is 0.333. The van der Waals surface area contributed by atoms with Crippen LogP contribution in [0.5, 0.6) is 11.5 Å². The van der Waals surface area contributed by atoms with Crippen molar-refractivity contribution in [3.63, 3.8) is 0 Å². The number of rotatable bonds is 7. The summed E-state index contributed by atoms with van der Waals surface area (Å²) in [5, 5.41) is 17.7. The molecule has 1 aromatic rings. The molecule has 0 aromatic heterocycles. The second-order valence-corrected chi connectivity index (χ2v) is 4.78. The van der Waals surface area contributed by atoms with Gasteiger partial charge in [-0.2, -0.15) is 0 Å². The smallest absolute Gasteiger partial charge is 0.343 e. The van der Waals surface area contributed by atoms with Crippen LogP contribution in [0.2, 0.25) is 0 Å². The maximum atomic E-state index is 10.9. The molecule has 0 atom stereocenters. The molecule has 0 aliphatic rings. The summed E-state index contributed by atoms with van der Waals surface area (Å²) in [5.41, 5.74) is -0.302. The highest BCUT2D eigenvalue weighted by Crippen LogP contribution is 2.29. The summed E-state index contributed by atoms with van der Waals surface area (Å²) in [6.07, 6.45) is 1.08. The molecular formula is C15H18O6. The monoisotopic (exact) mass is 294 g/mol. The van der Waals surface area contributed by atoms with Crippen molar-refractivity contribution >= 4 is 18.0 Å². The van der Waals surface area contributed by atoms with Crippen LogP contribution in [-0.4, -0.2) is 35.9 Å². The van der Waals surface area contributed by atoms with Crippen molar-refractivity contribution in [1.29, 1.82) is 0 Å². The highest BCUT2D eigenvalue weighted by molar-refractivity contribution is 6.16. The van der Waals surface area contributed by atoms with Crippen LogP contribution < -0.4 is 9.47 Å². The molecule has 21 heavy (non-hydrogen) atoms. The van der Waals surface area contributed by atoms with Crippen molar-refractivity contribution in [2.45, 2.75) is 13.8 Å². The van der Waals surface area contributed by atoms with Crippen LogP contribution in [0, 0.1) is 5.92 Å². The highest BCUT2D eigenvalue weighted by atomic mass is 16.5. The summed E-state index contributed by atoms with van der Waals surface area (Å²) in [6.45, 7) is 4.45. The number of carboxylic acids is 2. The van der Waals surface area contributed by atoms with E-state index in [2.05, 4.69) is 0 Å². The fourth-order valence-electron chi connectivity index (χ4n) is 1.53. The Morgan fingerprint density at radius 3 is 2.29 bits per heavy atom. The molecule has 0 aliphatic heterocycles. The maximum Gasteiger partial charge on any atom is 0.343 e. The van der Waals surface area contributed by atoms with Gasteiger partial charge in [0.15, 0.2) is 11.5 Å². The Morgan fingerprint density at radius 2 is 1.81 bits per heavy atom. The molecule has 0 saturated carbocycles. The predicted octanol–water partition coefficient (Wildman–Crippen LogP) is 2.28. The number of aliphatic carboxylic acids is 2.